The van der Waals surface area contributed by atoms with Crippen LogP contribution in [-0.4, -0.2) is 17.9 Å². The summed E-state index contributed by atoms with van der Waals surface area (Å²) in [6.45, 7) is 0. The van der Waals surface area contributed by atoms with Gasteiger partial charge in [-0.3, -0.25) is 9.69 Å². The zero-order chi connectivity index (χ0) is 21.5. The number of fused-ring (bicyclic) bond motifs is 1. The van der Waals surface area contributed by atoms with Gasteiger partial charge >= 0.3 is 0 Å². The molecule has 3 aromatic rings. The van der Waals surface area contributed by atoms with Crippen molar-refractivity contribution in [1.82, 2.24) is 4.98 Å². The van der Waals surface area contributed by atoms with Crippen LogP contribution >= 0.6 is 0 Å². The van der Waals surface area contributed by atoms with Crippen LogP contribution in [0.3, 0.4) is 0 Å². The van der Waals surface area contributed by atoms with Crippen LogP contribution in [0.5, 0.6) is 5.75 Å². The molecule has 0 saturated heterocycles. The van der Waals surface area contributed by atoms with E-state index in [1.807, 2.05) is 59.6 Å². The molecule has 3 N–H and O–H groups in total. The van der Waals surface area contributed by atoms with Gasteiger partial charge in [0.2, 0.25) is 0 Å². The van der Waals surface area contributed by atoms with E-state index in [0.29, 0.717) is 35.6 Å². The summed E-state index contributed by atoms with van der Waals surface area (Å²) in [7, 11) is 1.60. The highest BCUT2D eigenvalue weighted by atomic mass is 16.5. The number of aromatic amines is 1. The minimum Gasteiger partial charge on any atom is -0.495 e. The first kappa shape index (κ1) is 19.0. The second-order valence-corrected chi connectivity index (χ2v) is 7.81. The largest absolute Gasteiger partial charge is 0.495 e. The van der Waals surface area contributed by atoms with Crippen LogP contribution in [0, 0.1) is 11.3 Å². The number of nitrogens with zero attached hydrogens (tertiary/aromatic N) is 2. The molecular formula is C25H22N4O2. The Hall–Kier alpha value is -3.98. The fraction of sp³-hybridized carbons (Fsp3) is 0.200. The average Bonchev–Trinajstić information content (AvgIpc) is 3.26. The lowest BCUT2D eigenvalue weighted by Crippen LogP contribution is -2.38. The molecule has 0 saturated carbocycles. The van der Waals surface area contributed by atoms with Crippen molar-refractivity contribution in [2.75, 3.05) is 12.0 Å². The minimum absolute atomic E-state index is 0.0700. The molecule has 1 aromatic heterocycles. The number of hydrogen-bond donors (Lipinski definition) is 2. The number of carbonyl (C=O) groups is 1. The molecule has 0 radical (unpaired) electrons. The van der Waals surface area contributed by atoms with Gasteiger partial charge in [0.05, 0.1) is 30.4 Å². The monoisotopic (exact) mass is 410 g/mol. The highest BCUT2D eigenvalue weighted by Crippen LogP contribution is 2.48. The van der Waals surface area contributed by atoms with Gasteiger partial charge in [-0.05, 0) is 54.1 Å². The number of anilines is 1. The number of nitrogens with one attached hydrogen (secondary N) is 1. The number of methoxy groups -OCH3 is 1. The topological polar surface area (TPSA) is 95.1 Å². The van der Waals surface area contributed by atoms with Crippen molar-refractivity contribution in [1.29, 1.82) is 5.26 Å². The van der Waals surface area contributed by atoms with Gasteiger partial charge in [-0.1, -0.05) is 18.2 Å². The Morgan fingerprint density at radius 2 is 2.03 bits per heavy atom. The lowest BCUT2D eigenvalue weighted by molar-refractivity contribution is -0.116. The van der Waals surface area contributed by atoms with Gasteiger partial charge in [0.1, 0.15) is 11.6 Å². The smallest absolute Gasteiger partial charge is 0.161 e. The molecule has 0 amide bonds. The number of rotatable bonds is 3. The molecule has 2 heterocycles. The van der Waals surface area contributed by atoms with E-state index in [-0.39, 0.29) is 5.78 Å². The number of aromatic nitrogens is 1. The summed E-state index contributed by atoms with van der Waals surface area (Å²) in [5, 5.41) is 11.2. The van der Waals surface area contributed by atoms with Crippen molar-refractivity contribution in [3.05, 3.63) is 83.0 Å². The van der Waals surface area contributed by atoms with Crippen molar-refractivity contribution in [2.24, 2.45) is 5.73 Å². The summed E-state index contributed by atoms with van der Waals surface area (Å²) in [5.41, 5.74) is 11.2. The molecule has 1 aliphatic carbocycles. The number of nitriles is 1. The first-order valence-corrected chi connectivity index (χ1v) is 10.3. The van der Waals surface area contributed by atoms with E-state index in [0.717, 1.165) is 34.3 Å². The molecule has 6 heteroatoms. The number of allylic oxidation sites excluding steroid dienone is 3. The van der Waals surface area contributed by atoms with Crippen LogP contribution in [-0.2, 0) is 4.79 Å². The number of Topliss-reactive ketones (excluding diaryl/α,β-unsaturated/α-hetero) is 1. The molecule has 0 spiro atoms. The number of benzene rings is 2. The molecule has 0 unspecified atom stereocenters. The van der Waals surface area contributed by atoms with E-state index >= 15 is 0 Å². The summed E-state index contributed by atoms with van der Waals surface area (Å²) in [6.07, 6.45) is 3.81. The Balaban J connectivity index is 1.77. The molecule has 1 atom stereocenters. The van der Waals surface area contributed by atoms with Crippen LogP contribution in [0.2, 0.25) is 0 Å². The normalized spacial score (nSPS) is 18.9. The summed E-state index contributed by atoms with van der Waals surface area (Å²) in [6, 6.07) is 17.8. The standard InChI is InChI=1S/C25H22N4O2/c1-31-22-8-3-2-5-19(22)29-20-6-4-7-21(30)24(20)23(17(14-26)25(29)27)16-9-10-18-15(13-16)11-12-28-18/h2-3,5,8-13,23,28H,4,6-7,27H2,1H3/t23-/m1/s1. The maximum Gasteiger partial charge on any atom is 0.161 e. The van der Waals surface area contributed by atoms with Gasteiger partial charge in [-0.15, -0.1) is 0 Å². The number of carbonyl (C=O) groups excluding carboxylic acids is 1. The number of hydrogen-bond acceptors (Lipinski definition) is 5. The predicted octanol–water partition coefficient (Wildman–Crippen LogP) is 4.48. The molecular weight excluding hydrogens is 388 g/mol. The quantitative estimate of drug-likeness (QED) is 0.664. The molecule has 2 aliphatic rings. The molecule has 0 fully saturated rings. The molecule has 154 valence electrons. The van der Waals surface area contributed by atoms with Crippen molar-refractivity contribution >= 4 is 22.4 Å². The zero-order valence-corrected chi connectivity index (χ0v) is 17.2. The van der Waals surface area contributed by atoms with Crippen molar-refractivity contribution in [3.63, 3.8) is 0 Å². The lowest BCUT2D eigenvalue weighted by Gasteiger charge is -2.40. The maximum atomic E-state index is 13.2. The second-order valence-electron chi connectivity index (χ2n) is 7.81. The third kappa shape index (κ3) is 2.89. The minimum atomic E-state index is -0.474. The van der Waals surface area contributed by atoms with Crippen LogP contribution < -0.4 is 15.4 Å². The van der Waals surface area contributed by atoms with E-state index in [1.165, 1.54) is 0 Å². The van der Waals surface area contributed by atoms with Crippen molar-refractivity contribution in [3.8, 4) is 11.8 Å². The van der Waals surface area contributed by atoms with E-state index in [4.69, 9.17) is 10.5 Å². The first-order valence-electron chi connectivity index (χ1n) is 10.3. The Bertz CT molecular complexity index is 1310. The summed E-state index contributed by atoms with van der Waals surface area (Å²) in [5.74, 6) is 0.582. The first-order chi connectivity index (χ1) is 15.1. The van der Waals surface area contributed by atoms with Gasteiger partial charge in [0.15, 0.2) is 5.78 Å². The van der Waals surface area contributed by atoms with Gasteiger partial charge in [0, 0.05) is 29.4 Å². The Morgan fingerprint density at radius 3 is 2.84 bits per heavy atom. The summed E-state index contributed by atoms with van der Waals surface area (Å²) < 4.78 is 5.56. The van der Waals surface area contributed by atoms with Crippen LogP contribution in [0.15, 0.2) is 77.4 Å². The fourth-order valence-electron chi connectivity index (χ4n) is 4.76. The van der Waals surface area contributed by atoms with Gasteiger partial charge in [-0.25, -0.2) is 0 Å². The lowest BCUT2D eigenvalue weighted by atomic mass is 9.75. The molecule has 2 aromatic carbocycles. The van der Waals surface area contributed by atoms with E-state index in [9.17, 15) is 10.1 Å². The highest BCUT2D eigenvalue weighted by molar-refractivity contribution is 6.01. The van der Waals surface area contributed by atoms with Gasteiger partial charge in [-0.2, -0.15) is 5.26 Å². The third-order valence-corrected chi connectivity index (χ3v) is 6.15. The van der Waals surface area contributed by atoms with E-state index < -0.39 is 5.92 Å². The molecule has 0 bridgehead atoms. The SMILES string of the molecule is COc1ccccc1N1C(N)=C(C#N)[C@@H](c2ccc3[nH]ccc3c2)C2=C1CCCC2=O. The Morgan fingerprint density at radius 1 is 1.19 bits per heavy atom. The number of ketones is 1. The van der Waals surface area contributed by atoms with Crippen LogP contribution in [0.25, 0.3) is 10.9 Å². The number of nitrogens with two attached hydrogens (primary N) is 1. The molecule has 31 heavy (non-hydrogen) atoms. The summed E-state index contributed by atoms with van der Waals surface area (Å²) >= 11 is 0. The number of ether oxygens (including phenoxy) is 1. The van der Waals surface area contributed by atoms with Gasteiger partial charge in [0.25, 0.3) is 0 Å². The van der Waals surface area contributed by atoms with Gasteiger partial charge < -0.3 is 15.5 Å². The second kappa shape index (κ2) is 7.37. The fourth-order valence-corrected chi connectivity index (χ4v) is 4.76. The highest BCUT2D eigenvalue weighted by Gasteiger charge is 2.40. The molecule has 6 nitrogen and oxygen atoms in total. The van der Waals surface area contributed by atoms with Crippen molar-refractivity contribution in [2.45, 2.75) is 25.2 Å². The summed E-state index contributed by atoms with van der Waals surface area (Å²) in [4.78, 5) is 18.3. The molecule has 5 rings (SSSR count). The third-order valence-electron chi connectivity index (χ3n) is 6.15. The number of para-hydroxylation sites is 2. The van der Waals surface area contributed by atoms with Crippen LogP contribution in [0.4, 0.5) is 5.69 Å². The average molecular weight is 410 g/mol. The van der Waals surface area contributed by atoms with Crippen LogP contribution in [0.1, 0.15) is 30.7 Å². The van der Waals surface area contributed by atoms with E-state index in [2.05, 4.69) is 11.1 Å². The maximum absolute atomic E-state index is 13.2. The van der Waals surface area contributed by atoms with Crippen molar-refractivity contribution < 1.29 is 9.53 Å². The zero-order valence-electron chi connectivity index (χ0n) is 17.2. The van der Waals surface area contributed by atoms with E-state index in [1.54, 1.807) is 7.11 Å². The number of H-pyrrole nitrogens is 1. The Labute approximate surface area is 180 Å². The molecule has 1 aliphatic heterocycles. The predicted molar refractivity (Wildman–Crippen MR) is 119 cm³/mol. The Kier molecular flexibility index (Phi) is 4.52.